The number of halogens is 7. The number of alkyl halides is 6. The zero-order chi connectivity index (χ0) is 55.9. The quantitative estimate of drug-likeness (QED) is 0.0329. The van der Waals surface area contributed by atoms with E-state index in [1.165, 1.54) is 36.1 Å². The first-order chi connectivity index (χ1) is 32.0. The molecule has 1 fully saturated rings. The van der Waals surface area contributed by atoms with Crippen LogP contribution in [0.1, 0.15) is 117 Å². The number of ketones is 2. The Morgan fingerprint density at radius 1 is 0.634 bits per heavy atom. The van der Waals surface area contributed by atoms with E-state index in [-0.39, 0.29) is 60.7 Å². The molecule has 9 nitrogen and oxygen atoms in total. The van der Waals surface area contributed by atoms with Crippen molar-refractivity contribution in [2.24, 2.45) is 34.5 Å². The van der Waals surface area contributed by atoms with Crippen LogP contribution in [0.4, 0.5) is 26.3 Å². The van der Waals surface area contributed by atoms with Crippen LogP contribution < -0.4 is 0 Å². The van der Waals surface area contributed by atoms with E-state index in [1.54, 1.807) is 13.8 Å². The van der Waals surface area contributed by atoms with Gasteiger partial charge in [0.05, 0.1) is 22.2 Å². The number of hydrogen-bond acceptors (Lipinski definition) is 11. The van der Waals surface area contributed by atoms with Crippen LogP contribution in [0.3, 0.4) is 0 Å². The van der Waals surface area contributed by atoms with Gasteiger partial charge in [-0.25, -0.2) is 0 Å². The maximum atomic E-state index is 13.6. The molecule has 0 N–H and O–H groups in total. The number of hydrogen-bond donors (Lipinski definition) is 0. The van der Waals surface area contributed by atoms with Crippen molar-refractivity contribution in [3.8, 4) is 0 Å². The molecule has 0 radical (unpaired) electrons. The average molecular weight is 1200 g/mol. The van der Waals surface area contributed by atoms with Crippen molar-refractivity contribution in [1.82, 2.24) is 0 Å². The van der Waals surface area contributed by atoms with E-state index in [9.17, 15) is 50.3 Å². The summed E-state index contributed by atoms with van der Waals surface area (Å²) < 4.78 is 93.9. The maximum absolute atomic E-state index is 13.6. The first-order valence-electron chi connectivity index (χ1n) is 23.7. The van der Waals surface area contributed by atoms with Gasteiger partial charge in [0.25, 0.3) is 0 Å². The Morgan fingerprint density at radius 2 is 0.986 bits per heavy atom. The van der Waals surface area contributed by atoms with E-state index in [0.29, 0.717) is 10.4 Å². The number of Topliss-reactive ketones (excluding diaryl/α,β-unsaturated/α-hetero) is 2. The number of thioether (sulfide) groups is 2. The third kappa shape index (κ3) is 21.6. The van der Waals surface area contributed by atoms with E-state index in [4.69, 9.17) is 8.85 Å². The van der Waals surface area contributed by atoms with Crippen molar-refractivity contribution in [2.45, 2.75) is 183 Å². The summed E-state index contributed by atoms with van der Waals surface area (Å²) in [6.07, 6.45) is -0.739. The molecule has 1 aromatic rings. The predicted octanol–water partition coefficient (Wildman–Crippen LogP) is 15.4. The van der Waals surface area contributed by atoms with Gasteiger partial charge >= 0.3 is 121 Å². The summed E-state index contributed by atoms with van der Waals surface area (Å²) in [5.74, 6) is -2.87. The Kier molecular flexibility index (Phi) is 27.4. The Labute approximate surface area is 440 Å². The van der Waals surface area contributed by atoms with Crippen molar-refractivity contribution < 1.29 is 65.3 Å². The standard InChI is InChI=1S/C22H42O2S2Si.C19H36O3Si.C10H5F6IO4/c1-11-13-16(2)18(24-27(9,10)21(4,5)6)17(3)19(23)22(7,8)20-25-14-12-15-26-20;1-11-12-14(2)16(22-23(9,10)18(4,5)6)15(3)17(21)19(7,8)13-20;11-9(12,13)7(18)20-17(6-4-2-1-3-5-6)21-8(19)10(14,15)16/h11,13,16-18,20H,12,14-15H2,1-10H3;11-16H,1-10H3;1-5H/b13-11+;12-11+;/t16-,17+,18-;14-,15+,16-;/m00./s1. The van der Waals surface area contributed by atoms with Crippen LogP contribution in [0, 0.1) is 38.1 Å². The third-order valence-corrected chi connectivity index (χ3v) is 28.9. The van der Waals surface area contributed by atoms with Crippen LogP contribution in [0.2, 0.25) is 36.3 Å². The molecule has 0 saturated carbocycles. The van der Waals surface area contributed by atoms with E-state index in [0.717, 1.165) is 18.4 Å². The topological polar surface area (TPSA) is 122 Å². The van der Waals surface area contributed by atoms with E-state index < -0.39 is 67.0 Å². The summed E-state index contributed by atoms with van der Waals surface area (Å²) in [6.45, 7) is 42.3. The molecule has 2 rings (SSSR count). The van der Waals surface area contributed by atoms with Gasteiger partial charge in [-0.15, -0.1) is 23.5 Å². The average Bonchev–Trinajstić information content (AvgIpc) is 3.25. The van der Waals surface area contributed by atoms with Crippen LogP contribution in [0.15, 0.2) is 54.6 Å². The van der Waals surface area contributed by atoms with Gasteiger partial charge in [-0.05, 0) is 93.7 Å². The van der Waals surface area contributed by atoms with Crippen molar-refractivity contribution >= 4 is 90.6 Å². The molecular formula is C51H83F6IO9S2Si2. The molecular weight excluding hydrogens is 1120 g/mol. The first-order valence-corrected chi connectivity index (χ1v) is 34.5. The van der Waals surface area contributed by atoms with Crippen molar-refractivity contribution in [1.29, 1.82) is 0 Å². The summed E-state index contributed by atoms with van der Waals surface area (Å²) in [4.78, 5) is 59.1. The Morgan fingerprint density at radius 3 is 1.30 bits per heavy atom. The molecule has 0 aromatic heterocycles. The molecule has 0 unspecified atom stereocenters. The van der Waals surface area contributed by atoms with Gasteiger partial charge in [-0.1, -0.05) is 107 Å². The summed E-state index contributed by atoms with van der Waals surface area (Å²) in [6, 6.07) is 6.18. The molecule has 1 aliphatic heterocycles. The second-order valence-electron chi connectivity index (χ2n) is 22.0. The Bertz CT molecular complexity index is 1900. The minimum absolute atomic E-state index is 0.0486. The molecule has 0 bridgehead atoms. The summed E-state index contributed by atoms with van der Waals surface area (Å²) in [5.41, 5.74) is -1.30. The van der Waals surface area contributed by atoms with Crippen LogP contribution in [-0.4, -0.2) is 87.1 Å². The minimum atomic E-state index is -5.41. The fraction of sp³-hybridized carbons (Fsp3) is 0.706. The van der Waals surface area contributed by atoms with Gasteiger partial charge in [0.15, 0.2) is 22.4 Å². The fourth-order valence-corrected chi connectivity index (χ4v) is 15.6. The molecule has 71 heavy (non-hydrogen) atoms. The van der Waals surface area contributed by atoms with Gasteiger partial charge in [-0.2, -0.15) is 0 Å². The number of rotatable bonds is 19. The fourth-order valence-electron chi connectivity index (χ4n) is 6.58. The second-order valence-corrected chi connectivity index (χ2v) is 37.6. The summed E-state index contributed by atoms with van der Waals surface area (Å²) in [5, 5.41) is 0.206. The Balaban J connectivity index is 0.00000104. The number of allylic oxidation sites excluding steroid dienone is 2. The molecule has 6 atom stereocenters. The van der Waals surface area contributed by atoms with Gasteiger partial charge in [-0.3, -0.25) is 9.59 Å². The van der Waals surface area contributed by atoms with Crippen molar-refractivity contribution in [3.63, 3.8) is 0 Å². The van der Waals surface area contributed by atoms with E-state index in [1.807, 2.05) is 50.4 Å². The van der Waals surface area contributed by atoms with Crippen LogP contribution in [0.5, 0.6) is 0 Å². The molecule has 410 valence electrons. The SMILES string of the molecule is C/C=C/[C@H](C)[C@H](O[Si](C)(C)C(C)(C)C)[C@@H](C)C(=O)C(C)(C)C1SCCCS1.C/C=C/[C@H](C)[C@H](O[Si](C)(C)C(C)(C)C)[C@@H](C)C(=O)C(C)(C)C=O.O=C(OI(OC(=O)C(F)(F)F)c1ccccc1)C(F)(F)F. The predicted molar refractivity (Wildman–Crippen MR) is 291 cm³/mol. The number of carbonyl (C=O) groups excluding carboxylic acids is 5. The Hall–Kier alpha value is -1.99. The first kappa shape index (κ1) is 69.0. The molecule has 0 amide bonds. The molecule has 1 heterocycles. The molecule has 0 aliphatic carbocycles. The molecule has 1 saturated heterocycles. The van der Waals surface area contributed by atoms with Gasteiger partial charge < -0.3 is 13.6 Å². The normalized spacial score (nSPS) is 17.6. The van der Waals surface area contributed by atoms with Gasteiger partial charge in [0.1, 0.15) is 12.1 Å². The van der Waals surface area contributed by atoms with Crippen molar-refractivity contribution in [3.05, 3.63) is 58.2 Å². The molecule has 1 aromatic carbocycles. The van der Waals surface area contributed by atoms with Gasteiger partial charge in [0.2, 0.25) is 0 Å². The van der Waals surface area contributed by atoms with Crippen molar-refractivity contribution in [2.75, 3.05) is 11.5 Å². The van der Waals surface area contributed by atoms with Gasteiger partial charge in [0, 0.05) is 17.3 Å². The van der Waals surface area contributed by atoms with Crippen LogP contribution in [-0.2, 0) is 39.0 Å². The monoisotopic (exact) mass is 1200 g/mol. The zero-order valence-corrected chi connectivity index (χ0v) is 51.4. The number of benzene rings is 1. The number of carbonyl (C=O) groups is 5. The number of aldehydes is 1. The molecule has 20 heteroatoms. The van der Waals surface area contributed by atoms with E-state index in [2.05, 4.69) is 127 Å². The molecule has 1 aliphatic rings. The van der Waals surface area contributed by atoms with E-state index >= 15 is 0 Å². The third-order valence-electron chi connectivity index (χ3n) is 13.0. The summed E-state index contributed by atoms with van der Waals surface area (Å²) >= 11 is -0.330. The summed E-state index contributed by atoms with van der Waals surface area (Å²) in [7, 11) is -3.98. The van der Waals surface area contributed by atoms with Crippen LogP contribution in [0.25, 0.3) is 0 Å². The zero-order valence-electron chi connectivity index (χ0n) is 45.6. The van der Waals surface area contributed by atoms with Crippen LogP contribution >= 0.6 is 44.2 Å². The second kappa shape index (κ2) is 28.2. The molecule has 0 spiro atoms.